The average Bonchev–Trinajstić information content (AvgIpc) is 2.62. The van der Waals surface area contributed by atoms with Crippen LogP contribution in [0.3, 0.4) is 0 Å². The van der Waals surface area contributed by atoms with Crippen molar-refractivity contribution in [3.8, 4) is 5.75 Å². The van der Waals surface area contributed by atoms with Crippen molar-refractivity contribution in [2.24, 2.45) is 0 Å². The van der Waals surface area contributed by atoms with Crippen molar-refractivity contribution in [1.82, 2.24) is 10.2 Å². The van der Waals surface area contributed by atoms with Crippen LogP contribution in [0.4, 0.5) is 0 Å². The number of carbonyl (C=O) groups excluding carboxylic acids is 2. The van der Waals surface area contributed by atoms with Gasteiger partial charge in [-0.2, -0.15) is 0 Å². The minimum Gasteiger partial charge on any atom is -0.493 e. The molecule has 0 radical (unpaired) electrons. The molecule has 1 aromatic rings. The minimum atomic E-state index is 0.0150. The van der Waals surface area contributed by atoms with Gasteiger partial charge in [-0.3, -0.25) is 9.59 Å². The zero-order valence-electron chi connectivity index (χ0n) is 15.0. The summed E-state index contributed by atoms with van der Waals surface area (Å²) in [7, 11) is 0. The molecule has 2 aliphatic rings. The van der Waals surface area contributed by atoms with E-state index in [1.807, 2.05) is 29.2 Å². The molecule has 0 spiro atoms. The largest absolute Gasteiger partial charge is 0.493 e. The van der Waals surface area contributed by atoms with Crippen LogP contribution < -0.4 is 10.1 Å². The van der Waals surface area contributed by atoms with Crippen molar-refractivity contribution in [3.63, 3.8) is 0 Å². The second-order valence-electron chi connectivity index (χ2n) is 7.11. The highest BCUT2D eigenvalue weighted by molar-refractivity contribution is 5.79. The van der Waals surface area contributed by atoms with Crippen LogP contribution in [-0.4, -0.2) is 42.5 Å². The van der Waals surface area contributed by atoms with Gasteiger partial charge in [-0.05, 0) is 50.2 Å². The third kappa shape index (κ3) is 4.53. The van der Waals surface area contributed by atoms with Crippen LogP contribution >= 0.6 is 0 Å². The number of carbonyl (C=O) groups is 2. The summed E-state index contributed by atoms with van der Waals surface area (Å²) < 4.78 is 5.64. The summed E-state index contributed by atoms with van der Waals surface area (Å²) in [6, 6.07) is 8.26. The van der Waals surface area contributed by atoms with Crippen LogP contribution in [0, 0.1) is 0 Å². The Kier molecular flexibility index (Phi) is 5.95. The highest BCUT2D eigenvalue weighted by Gasteiger charge is 2.25. The molecule has 0 aliphatic carbocycles. The first-order valence-corrected chi connectivity index (χ1v) is 9.43. The van der Waals surface area contributed by atoms with E-state index in [-0.39, 0.29) is 17.7 Å². The molecule has 136 valence electrons. The van der Waals surface area contributed by atoms with E-state index >= 15 is 0 Å². The Hall–Kier alpha value is -2.04. The predicted octanol–water partition coefficient (Wildman–Crippen LogP) is 2.85. The third-order valence-corrected chi connectivity index (χ3v) is 5.30. The number of ether oxygens (including phenoxy) is 1. The number of para-hydroxylation sites is 1. The quantitative estimate of drug-likeness (QED) is 0.893. The van der Waals surface area contributed by atoms with Gasteiger partial charge in [-0.15, -0.1) is 0 Å². The Morgan fingerprint density at radius 3 is 2.92 bits per heavy atom. The van der Waals surface area contributed by atoms with Crippen molar-refractivity contribution >= 4 is 11.8 Å². The number of hydrogen-bond donors (Lipinski definition) is 1. The summed E-state index contributed by atoms with van der Waals surface area (Å²) in [5, 5.41) is 2.92. The summed E-state index contributed by atoms with van der Waals surface area (Å²) in [4.78, 5) is 26.5. The molecule has 2 heterocycles. The minimum absolute atomic E-state index is 0.0150. The van der Waals surface area contributed by atoms with E-state index < -0.39 is 0 Å². The van der Waals surface area contributed by atoms with Crippen LogP contribution in [0.5, 0.6) is 5.75 Å². The van der Waals surface area contributed by atoms with Crippen molar-refractivity contribution in [3.05, 3.63) is 29.8 Å². The summed E-state index contributed by atoms with van der Waals surface area (Å²) in [5.74, 6) is 1.26. The molecule has 1 fully saturated rings. The maximum Gasteiger partial charge on any atom is 0.224 e. The smallest absolute Gasteiger partial charge is 0.224 e. The predicted molar refractivity (Wildman–Crippen MR) is 96.6 cm³/mol. The van der Waals surface area contributed by atoms with Crippen molar-refractivity contribution in [1.29, 1.82) is 0 Å². The van der Waals surface area contributed by atoms with Gasteiger partial charge in [-0.25, -0.2) is 0 Å². The summed E-state index contributed by atoms with van der Waals surface area (Å²) in [6.45, 7) is 4.04. The molecule has 5 nitrogen and oxygen atoms in total. The van der Waals surface area contributed by atoms with Gasteiger partial charge in [-0.1, -0.05) is 18.2 Å². The van der Waals surface area contributed by atoms with E-state index in [9.17, 15) is 9.59 Å². The standard InChI is InChI=1S/C20H28N2O3/c1-15-6-4-5-12-22(15)20(24)9-11-21-19(23)14-16-10-13-25-18-8-3-2-7-17(16)18/h2-3,7-8,15-16H,4-6,9-14H2,1H3,(H,21,23). The average molecular weight is 344 g/mol. The number of benzene rings is 1. The Morgan fingerprint density at radius 2 is 2.08 bits per heavy atom. The lowest BCUT2D eigenvalue weighted by Gasteiger charge is -2.33. The molecule has 25 heavy (non-hydrogen) atoms. The Morgan fingerprint density at radius 1 is 1.24 bits per heavy atom. The molecule has 3 rings (SSSR count). The van der Waals surface area contributed by atoms with E-state index in [0.29, 0.717) is 32.0 Å². The van der Waals surface area contributed by atoms with Gasteiger partial charge in [0.2, 0.25) is 11.8 Å². The molecular weight excluding hydrogens is 316 g/mol. The van der Waals surface area contributed by atoms with Crippen molar-refractivity contribution < 1.29 is 14.3 Å². The first kappa shape index (κ1) is 17.8. The Labute approximate surface area is 149 Å². The summed E-state index contributed by atoms with van der Waals surface area (Å²) >= 11 is 0. The highest BCUT2D eigenvalue weighted by Crippen LogP contribution is 2.35. The Bertz CT molecular complexity index is 617. The van der Waals surface area contributed by atoms with Crippen LogP contribution in [0.1, 0.15) is 56.9 Å². The number of nitrogens with zero attached hydrogens (tertiary/aromatic N) is 1. The van der Waals surface area contributed by atoms with Crippen molar-refractivity contribution in [2.75, 3.05) is 19.7 Å². The number of likely N-dealkylation sites (tertiary alicyclic amines) is 1. The molecule has 1 saturated heterocycles. The van der Waals surface area contributed by atoms with Gasteiger partial charge in [0, 0.05) is 32.0 Å². The first-order valence-electron chi connectivity index (χ1n) is 9.43. The number of rotatable bonds is 5. The second kappa shape index (κ2) is 8.37. The normalized spacial score (nSPS) is 22.7. The van der Waals surface area contributed by atoms with Gasteiger partial charge in [0.1, 0.15) is 5.75 Å². The van der Waals surface area contributed by atoms with E-state index in [4.69, 9.17) is 4.74 Å². The molecule has 2 unspecified atom stereocenters. The summed E-state index contributed by atoms with van der Waals surface area (Å²) in [6.07, 6.45) is 5.07. The Balaban J connectivity index is 1.44. The van der Waals surface area contributed by atoms with Crippen LogP contribution in [0.2, 0.25) is 0 Å². The lowest BCUT2D eigenvalue weighted by Crippen LogP contribution is -2.43. The van der Waals surface area contributed by atoms with Gasteiger partial charge in [0.05, 0.1) is 6.61 Å². The van der Waals surface area contributed by atoms with E-state index in [0.717, 1.165) is 37.1 Å². The maximum absolute atomic E-state index is 12.3. The van der Waals surface area contributed by atoms with Crippen molar-refractivity contribution in [2.45, 2.75) is 57.4 Å². The summed E-state index contributed by atoms with van der Waals surface area (Å²) in [5.41, 5.74) is 1.11. The lowest BCUT2D eigenvalue weighted by molar-refractivity contribution is -0.134. The van der Waals surface area contributed by atoms with E-state index in [1.54, 1.807) is 0 Å². The van der Waals surface area contributed by atoms with Gasteiger partial charge in [0.25, 0.3) is 0 Å². The first-order chi connectivity index (χ1) is 12.1. The van der Waals surface area contributed by atoms with Gasteiger partial charge < -0.3 is 15.0 Å². The molecule has 1 aromatic carbocycles. The van der Waals surface area contributed by atoms with Gasteiger partial charge >= 0.3 is 0 Å². The molecule has 2 aliphatic heterocycles. The maximum atomic E-state index is 12.3. The van der Waals surface area contributed by atoms with Crippen LogP contribution in [-0.2, 0) is 9.59 Å². The zero-order valence-corrected chi connectivity index (χ0v) is 15.0. The number of fused-ring (bicyclic) bond motifs is 1. The lowest BCUT2D eigenvalue weighted by atomic mass is 9.90. The number of hydrogen-bond acceptors (Lipinski definition) is 3. The molecular formula is C20H28N2O3. The number of piperidine rings is 1. The molecule has 0 bridgehead atoms. The van der Waals surface area contributed by atoms with Gasteiger partial charge in [0.15, 0.2) is 0 Å². The number of amides is 2. The fourth-order valence-electron chi connectivity index (χ4n) is 3.84. The molecule has 0 saturated carbocycles. The highest BCUT2D eigenvalue weighted by atomic mass is 16.5. The second-order valence-corrected chi connectivity index (χ2v) is 7.11. The molecule has 0 aromatic heterocycles. The number of nitrogens with one attached hydrogen (secondary N) is 1. The molecule has 1 N–H and O–H groups in total. The van der Waals surface area contributed by atoms with E-state index in [2.05, 4.69) is 12.2 Å². The third-order valence-electron chi connectivity index (χ3n) is 5.30. The zero-order chi connectivity index (χ0) is 17.6. The van der Waals surface area contributed by atoms with Crippen LogP contribution in [0.25, 0.3) is 0 Å². The fourth-order valence-corrected chi connectivity index (χ4v) is 3.84. The molecule has 2 atom stereocenters. The molecule has 2 amide bonds. The molecule has 5 heteroatoms. The van der Waals surface area contributed by atoms with E-state index in [1.165, 1.54) is 6.42 Å². The monoisotopic (exact) mass is 344 g/mol. The topological polar surface area (TPSA) is 58.6 Å². The SMILES string of the molecule is CC1CCCCN1C(=O)CCNC(=O)CC1CCOc2ccccc21. The fraction of sp³-hybridized carbons (Fsp3) is 0.600. The van der Waals surface area contributed by atoms with Crippen LogP contribution in [0.15, 0.2) is 24.3 Å².